The maximum absolute atomic E-state index is 12.8. The summed E-state index contributed by atoms with van der Waals surface area (Å²) in [5.74, 6) is 0.384. The van der Waals surface area contributed by atoms with Crippen LogP contribution in [0, 0.1) is 0 Å². The second-order valence-corrected chi connectivity index (χ2v) is 8.01. The molecular formula is C21H29N3O3. The van der Waals surface area contributed by atoms with Crippen LogP contribution in [-0.4, -0.2) is 68.2 Å². The third kappa shape index (κ3) is 3.43. The standard InChI is InChI=1S/C21H29N3O3/c1-22-19(25)14-16-15-21(18-5-3-2-4-17(16)18)6-8-23(9-7-21)20(26)24-10-12-27-13-11-24/h2-5,16H,6-15H2,1H3,(H,22,25). The number of fused-ring (bicyclic) bond motifs is 2. The third-order valence-corrected chi connectivity index (χ3v) is 6.59. The number of likely N-dealkylation sites (tertiary alicyclic amines) is 1. The van der Waals surface area contributed by atoms with Gasteiger partial charge in [0, 0.05) is 39.6 Å². The SMILES string of the molecule is CNC(=O)CC1CC2(CCN(C(=O)N3CCOCC3)CC2)c2ccccc21. The zero-order chi connectivity index (χ0) is 18.9. The van der Waals surface area contributed by atoms with Crippen LogP contribution in [0.3, 0.4) is 0 Å². The Morgan fingerprint density at radius 2 is 1.78 bits per heavy atom. The maximum Gasteiger partial charge on any atom is 0.320 e. The predicted molar refractivity (Wildman–Crippen MR) is 103 cm³/mol. The van der Waals surface area contributed by atoms with Gasteiger partial charge in [-0.3, -0.25) is 4.79 Å². The Morgan fingerprint density at radius 3 is 2.48 bits per heavy atom. The summed E-state index contributed by atoms with van der Waals surface area (Å²) in [6.45, 7) is 4.24. The number of carbonyl (C=O) groups is 2. The summed E-state index contributed by atoms with van der Waals surface area (Å²) in [6, 6.07) is 8.75. The van der Waals surface area contributed by atoms with Gasteiger partial charge in [-0.1, -0.05) is 24.3 Å². The number of hydrogen-bond donors (Lipinski definition) is 1. The molecule has 2 aliphatic heterocycles. The van der Waals surface area contributed by atoms with Crippen molar-refractivity contribution in [2.75, 3.05) is 46.4 Å². The number of benzene rings is 1. The summed E-state index contributed by atoms with van der Waals surface area (Å²) in [6.07, 6.45) is 3.51. The molecule has 2 heterocycles. The van der Waals surface area contributed by atoms with Crippen molar-refractivity contribution in [2.24, 2.45) is 0 Å². The molecule has 2 saturated heterocycles. The van der Waals surface area contributed by atoms with E-state index in [0.29, 0.717) is 32.7 Å². The quantitative estimate of drug-likeness (QED) is 0.866. The van der Waals surface area contributed by atoms with E-state index >= 15 is 0 Å². The van der Waals surface area contributed by atoms with Crippen molar-refractivity contribution in [3.63, 3.8) is 0 Å². The van der Waals surface area contributed by atoms with Gasteiger partial charge < -0.3 is 19.9 Å². The second-order valence-electron chi connectivity index (χ2n) is 8.01. The van der Waals surface area contributed by atoms with Crippen molar-refractivity contribution in [3.05, 3.63) is 35.4 Å². The Morgan fingerprint density at radius 1 is 1.11 bits per heavy atom. The number of piperidine rings is 1. The number of nitrogens with zero attached hydrogens (tertiary/aromatic N) is 2. The third-order valence-electron chi connectivity index (χ3n) is 6.59. The molecule has 1 atom stereocenters. The van der Waals surface area contributed by atoms with Gasteiger partial charge in [-0.25, -0.2) is 4.79 Å². The van der Waals surface area contributed by atoms with Crippen LogP contribution in [0.5, 0.6) is 0 Å². The average Bonchev–Trinajstić information content (AvgIpc) is 3.02. The van der Waals surface area contributed by atoms with E-state index in [4.69, 9.17) is 4.74 Å². The summed E-state index contributed by atoms with van der Waals surface area (Å²) in [7, 11) is 1.70. The molecule has 6 nitrogen and oxygen atoms in total. The Bertz CT molecular complexity index is 706. The molecule has 0 bridgehead atoms. The van der Waals surface area contributed by atoms with Crippen LogP contribution < -0.4 is 5.32 Å². The highest BCUT2D eigenvalue weighted by Gasteiger charge is 2.46. The zero-order valence-corrected chi connectivity index (χ0v) is 16.1. The summed E-state index contributed by atoms with van der Waals surface area (Å²) < 4.78 is 5.36. The van der Waals surface area contributed by atoms with Gasteiger partial charge in [0.25, 0.3) is 0 Å². The fraction of sp³-hybridized carbons (Fsp3) is 0.619. The molecule has 0 aromatic heterocycles. The van der Waals surface area contributed by atoms with Crippen molar-refractivity contribution in [1.82, 2.24) is 15.1 Å². The van der Waals surface area contributed by atoms with Crippen LogP contribution >= 0.6 is 0 Å². The molecule has 4 rings (SSSR count). The summed E-state index contributed by atoms with van der Waals surface area (Å²) >= 11 is 0. The highest BCUT2D eigenvalue weighted by atomic mass is 16.5. The number of urea groups is 1. The minimum atomic E-state index is 0.104. The van der Waals surface area contributed by atoms with E-state index in [1.54, 1.807) is 7.05 Å². The lowest BCUT2D eigenvalue weighted by Crippen LogP contribution is -2.52. The van der Waals surface area contributed by atoms with Crippen molar-refractivity contribution >= 4 is 11.9 Å². The van der Waals surface area contributed by atoms with E-state index in [1.165, 1.54) is 11.1 Å². The van der Waals surface area contributed by atoms with Crippen LogP contribution in [-0.2, 0) is 14.9 Å². The first-order chi connectivity index (χ1) is 13.1. The lowest BCUT2D eigenvalue weighted by Gasteiger charge is -2.42. The Hall–Kier alpha value is -2.08. The molecule has 2 fully saturated rings. The van der Waals surface area contributed by atoms with Gasteiger partial charge in [0.1, 0.15) is 0 Å². The number of morpholine rings is 1. The smallest absolute Gasteiger partial charge is 0.320 e. The molecule has 1 aliphatic carbocycles. The van der Waals surface area contributed by atoms with Crippen molar-refractivity contribution in [3.8, 4) is 0 Å². The van der Waals surface area contributed by atoms with Gasteiger partial charge in [-0.05, 0) is 41.7 Å². The average molecular weight is 371 g/mol. The van der Waals surface area contributed by atoms with E-state index in [-0.39, 0.29) is 23.3 Å². The largest absolute Gasteiger partial charge is 0.378 e. The van der Waals surface area contributed by atoms with E-state index in [9.17, 15) is 9.59 Å². The summed E-state index contributed by atoms with van der Waals surface area (Å²) in [5, 5.41) is 2.76. The molecule has 0 saturated carbocycles. The fourth-order valence-electron chi connectivity index (χ4n) is 5.09. The topological polar surface area (TPSA) is 61.9 Å². The highest BCUT2D eigenvalue weighted by molar-refractivity contribution is 5.77. The minimum Gasteiger partial charge on any atom is -0.378 e. The Labute approximate surface area is 160 Å². The van der Waals surface area contributed by atoms with Crippen molar-refractivity contribution < 1.29 is 14.3 Å². The second kappa shape index (κ2) is 7.50. The van der Waals surface area contributed by atoms with E-state index in [1.807, 2.05) is 9.80 Å². The van der Waals surface area contributed by atoms with E-state index in [0.717, 1.165) is 32.4 Å². The van der Waals surface area contributed by atoms with Crippen LogP contribution in [0.15, 0.2) is 24.3 Å². The molecule has 1 unspecified atom stereocenters. The first-order valence-electron chi connectivity index (χ1n) is 10.0. The predicted octanol–water partition coefficient (Wildman–Crippen LogP) is 2.10. The van der Waals surface area contributed by atoms with Crippen molar-refractivity contribution in [2.45, 2.75) is 37.0 Å². The lowest BCUT2D eigenvalue weighted by atomic mass is 9.73. The minimum absolute atomic E-state index is 0.104. The Balaban J connectivity index is 1.47. The van der Waals surface area contributed by atoms with E-state index in [2.05, 4.69) is 29.6 Å². The molecule has 3 amide bonds. The lowest BCUT2D eigenvalue weighted by molar-refractivity contribution is -0.121. The number of ether oxygens (including phenoxy) is 1. The molecular weight excluding hydrogens is 342 g/mol. The van der Waals surface area contributed by atoms with E-state index < -0.39 is 0 Å². The number of rotatable bonds is 2. The van der Waals surface area contributed by atoms with Gasteiger partial charge in [0.15, 0.2) is 0 Å². The molecule has 1 N–H and O–H groups in total. The number of hydrogen-bond acceptors (Lipinski definition) is 3. The van der Waals surface area contributed by atoms with Gasteiger partial charge in [0.2, 0.25) is 5.91 Å². The highest BCUT2D eigenvalue weighted by Crippen LogP contribution is 2.52. The number of amides is 3. The van der Waals surface area contributed by atoms with Crippen LogP contribution in [0.1, 0.15) is 42.7 Å². The van der Waals surface area contributed by atoms with Crippen LogP contribution in [0.4, 0.5) is 4.79 Å². The molecule has 1 spiro atoms. The Kier molecular flexibility index (Phi) is 5.08. The molecule has 1 aromatic rings. The van der Waals surface area contributed by atoms with Gasteiger partial charge in [-0.15, -0.1) is 0 Å². The van der Waals surface area contributed by atoms with Crippen LogP contribution in [0.25, 0.3) is 0 Å². The molecule has 0 radical (unpaired) electrons. The zero-order valence-electron chi connectivity index (χ0n) is 16.1. The molecule has 1 aromatic carbocycles. The van der Waals surface area contributed by atoms with Crippen molar-refractivity contribution in [1.29, 1.82) is 0 Å². The fourth-order valence-corrected chi connectivity index (χ4v) is 5.09. The maximum atomic E-state index is 12.8. The molecule has 27 heavy (non-hydrogen) atoms. The monoisotopic (exact) mass is 371 g/mol. The van der Waals surface area contributed by atoms with Gasteiger partial charge >= 0.3 is 6.03 Å². The molecule has 6 heteroatoms. The van der Waals surface area contributed by atoms with Gasteiger partial charge in [-0.2, -0.15) is 0 Å². The first-order valence-corrected chi connectivity index (χ1v) is 10.0. The summed E-state index contributed by atoms with van der Waals surface area (Å²) in [4.78, 5) is 28.7. The summed E-state index contributed by atoms with van der Waals surface area (Å²) in [5.41, 5.74) is 2.84. The number of nitrogens with one attached hydrogen (secondary N) is 1. The first kappa shape index (κ1) is 18.3. The molecule has 146 valence electrons. The number of carbonyl (C=O) groups excluding carboxylic acids is 2. The molecule has 3 aliphatic rings. The van der Waals surface area contributed by atoms with Crippen LogP contribution in [0.2, 0.25) is 0 Å². The van der Waals surface area contributed by atoms with Gasteiger partial charge in [0.05, 0.1) is 13.2 Å². The normalized spacial score (nSPS) is 24.0.